The third kappa shape index (κ3) is 5.00. The standard InChI is InChI=1S/C24H26ClN5O2/c1-17-7-9-18(10-8-17)16-29-11-13-30(14-12-29)24(32)21-15-22(28(2)27-21)26-23(31)19-5-3-4-6-20(19)25/h3-10,15H,11-14,16H2,1-2H3,(H,26,31). The number of rotatable bonds is 5. The van der Waals surface area contributed by atoms with Crippen LogP contribution >= 0.6 is 11.6 Å². The summed E-state index contributed by atoms with van der Waals surface area (Å²) in [5.74, 6) is -0.0348. The van der Waals surface area contributed by atoms with E-state index in [9.17, 15) is 9.59 Å². The molecule has 1 N–H and O–H groups in total. The molecule has 2 amide bonds. The highest BCUT2D eigenvalue weighted by atomic mass is 35.5. The number of aryl methyl sites for hydroxylation is 2. The highest BCUT2D eigenvalue weighted by molar-refractivity contribution is 6.34. The lowest BCUT2D eigenvalue weighted by Gasteiger charge is -2.34. The fourth-order valence-electron chi connectivity index (χ4n) is 3.74. The van der Waals surface area contributed by atoms with Gasteiger partial charge in [-0.05, 0) is 24.6 Å². The van der Waals surface area contributed by atoms with Gasteiger partial charge in [-0.25, -0.2) is 0 Å². The molecule has 0 atom stereocenters. The molecule has 2 aromatic carbocycles. The van der Waals surface area contributed by atoms with Crippen LogP contribution in [0.15, 0.2) is 54.6 Å². The normalized spacial score (nSPS) is 14.4. The van der Waals surface area contributed by atoms with Crippen molar-refractivity contribution in [1.82, 2.24) is 19.6 Å². The lowest BCUT2D eigenvalue weighted by Crippen LogP contribution is -2.48. The summed E-state index contributed by atoms with van der Waals surface area (Å²) in [5, 5.41) is 7.46. The minimum atomic E-state index is -0.345. The molecule has 0 bridgehead atoms. The summed E-state index contributed by atoms with van der Waals surface area (Å²) in [6.45, 7) is 5.86. The number of anilines is 1. The van der Waals surface area contributed by atoms with Crippen molar-refractivity contribution in [3.63, 3.8) is 0 Å². The number of hydrogen-bond donors (Lipinski definition) is 1. The first-order chi connectivity index (χ1) is 15.4. The Labute approximate surface area is 192 Å². The molecule has 2 heterocycles. The van der Waals surface area contributed by atoms with E-state index in [0.29, 0.717) is 35.2 Å². The van der Waals surface area contributed by atoms with Crippen LogP contribution in [0.25, 0.3) is 0 Å². The van der Waals surface area contributed by atoms with Gasteiger partial charge in [-0.15, -0.1) is 0 Å². The number of carbonyl (C=O) groups is 2. The van der Waals surface area contributed by atoms with Crippen LogP contribution < -0.4 is 5.32 Å². The Morgan fingerprint density at radius 1 is 1.03 bits per heavy atom. The smallest absolute Gasteiger partial charge is 0.274 e. The molecule has 7 nitrogen and oxygen atoms in total. The number of amides is 2. The van der Waals surface area contributed by atoms with Crippen molar-refractivity contribution in [1.29, 1.82) is 0 Å². The van der Waals surface area contributed by atoms with E-state index in [1.54, 1.807) is 37.4 Å². The summed E-state index contributed by atoms with van der Waals surface area (Å²) in [6.07, 6.45) is 0. The predicted molar refractivity (Wildman–Crippen MR) is 125 cm³/mol. The lowest BCUT2D eigenvalue weighted by molar-refractivity contribution is 0.0622. The van der Waals surface area contributed by atoms with Gasteiger partial charge in [-0.2, -0.15) is 5.10 Å². The fraction of sp³-hybridized carbons (Fsp3) is 0.292. The van der Waals surface area contributed by atoms with E-state index in [-0.39, 0.29) is 11.8 Å². The highest BCUT2D eigenvalue weighted by Crippen LogP contribution is 2.19. The zero-order chi connectivity index (χ0) is 22.7. The van der Waals surface area contributed by atoms with Crippen molar-refractivity contribution in [2.24, 2.45) is 7.05 Å². The van der Waals surface area contributed by atoms with Crippen LogP contribution in [-0.2, 0) is 13.6 Å². The van der Waals surface area contributed by atoms with Crippen molar-refractivity contribution in [3.05, 3.63) is 82.0 Å². The molecule has 1 aliphatic heterocycles. The van der Waals surface area contributed by atoms with E-state index in [1.165, 1.54) is 15.8 Å². The van der Waals surface area contributed by atoms with Gasteiger partial charge in [0.2, 0.25) is 0 Å². The van der Waals surface area contributed by atoms with Crippen LogP contribution in [0.1, 0.15) is 32.0 Å². The van der Waals surface area contributed by atoms with Crippen LogP contribution in [0, 0.1) is 6.92 Å². The Balaban J connectivity index is 1.35. The zero-order valence-corrected chi connectivity index (χ0v) is 19.0. The topological polar surface area (TPSA) is 70.5 Å². The van der Waals surface area contributed by atoms with Gasteiger partial charge in [0, 0.05) is 45.8 Å². The third-order valence-electron chi connectivity index (χ3n) is 5.65. The predicted octanol–water partition coefficient (Wildman–Crippen LogP) is 3.59. The van der Waals surface area contributed by atoms with Crippen LogP contribution in [0.3, 0.4) is 0 Å². The van der Waals surface area contributed by atoms with Crippen molar-refractivity contribution in [3.8, 4) is 0 Å². The second-order valence-electron chi connectivity index (χ2n) is 8.03. The van der Waals surface area contributed by atoms with Crippen molar-refractivity contribution in [2.45, 2.75) is 13.5 Å². The number of aromatic nitrogens is 2. The first-order valence-corrected chi connectivity index (χ1v) is 11.0. The van der Waals surface area contributed by atoms with E-state index < -0.39 is 0 Å². The molecule has 8 heteroatoms. The van der Waals surface area contributed by atoms with Crippen molar-refractivity contribution in [2.75, 3.05) is 31.5 Å². The number of halogens is 1. The second kappa shape index (κ2) is 9.54. The van der Waals surface area contributed by atoms with Gasteiger partial charge in [0.15, 0.2) is 5.69 Å². The summed E-state index contributed by atoms with van der Waals surface area (Å²) in [5.41, 5.74) is 3.21. The van der Waals surface area contributed by atoms with Gasteiger partial charge >= 0.3 is 0 Å². The van der Waals surface area contributed by atoms with Crippen LogP contribution in [0.5, 0.6) is 0 Å². The summed E-state index contributed by atoms with van der Waals surface area (Å²) in [6, 6.07) is 17.0. The Kier molecular flexibility index (Phi) is 6.58. The van der Waals surface area contributed by atoms with E-state index in [2.05, 4.69) is 46.5 Å². The van der Waals surface area contributed by atoms with Crippen LogP contribution in [-0.4, -0.2) is 57.6 Å². The third-order valence-corrected chi connectivity index (χ3v) is 5.97. The number of benzene rings is 2. The van der Waals surface area contributed by atoms with E-state index in [0.717, 1.165) is 19.6 Å². The maximum absolute atomic E-state index is 13.0. The first-order valence-electron chi connectivity index (χ1n) is 10.6. The van der Waals surface area contributed by atoms with E-state index in [4.69, 9.17) is 11.6 Å². The van der Waals surface area contributed by atoms with Crippen molar-refractivity contribution < 1.29 is 9.59 Å². The molecule has 166 valence electrons. The summed E-state index contributed by atoms with van der Waals surface area (Å²) in [4.78, 5) is 29.7. The molecule has 0 aliphatic carbocycles. The highest BCUT2D eigenvalue weighted by Gasteiger charge is 2.25. The average molecular weight is 452 g/mol. The molecule has 1 saturated heterocycles. The monoisotopic (exact) mass is 451 g/mol. The number of carbonyl (C=O) groups excluding carboxylic acids is 2. The summed E-state index contributed by atoms with van der Waals surface area (Å²) in [7, 11) is 1.69. The minimum absolute atomic E-state index is 0.131. The molecule has 4 rings (SSSR count). The molecule has 0 saturated carbocycles. The number of nitrogens with zero attached hydrogens (tertiary/aromatic N) is 4. The summed E-state index contributed by atoms with van der Waals surface area (Å²) >= 11 is 6.10. The fourth-order valence-corrected chi connectivity index (χ4v) is 3.96. The second-order valence-corrected chi connectivity index (χ2v) is 8.43. The SMILES string of the molecule is Cc1ccc(CN2CCN(C(=O)c3cc(NC(=O)c4ccccc4Cl)n(C)n3)CC2)cc1. The maximum Gasteiger partial charge on any atom is 0.274 e. The molecule has 1 fully saturated rings. The Bertz CT molecular complexity index is 1120. The van der Waals surface area contributed by atoms with Gasteiger partial charge in [0.25, 0.3) is 11.8 Å². The Morgan fingerprint density at radius 3 is 2.41 bits per heavy atom. The molecule has 3 aromatic rings. The number of piperazine rings is 1. The molecule has 0 radical (unpaired) electrons. The average Bonchev–Trinajstić information content (AvgIpc) is 3.15. The molecular weight excluding hydrogens is 426 g/mol. The van der Waals surface area contributed by atoms with Gasteiger partial charge in [0.1, 0.15) is 5.82 Å². The van der Waals surface area contributed by atoms with Gasteiger partial charge in [-0.3, -0.25) is 19.2 Å². The molecule has 0 unspecified atom stereocenters. The molecule has 32 heavy (non-hydrogen) atoms. The van der Waals surface area contributed by atoms with Gasteiger partial charge in [-0.1, -0.05) is 53.6 Å². The van der Waals surface area contributed by atoms with Crippen LogP contribution in [0.2, 0.25) is 5.02 Å². The molecule has 1 aliphatic rings. The molecular formula is C24H26ClN5O2. The van der Waals surface area contributed by atoms with Crippen molar-refractivity contribution >= 4 is 29.2 Å². The van der Waals surface area contributed by atoms with Gasteiger partial charge in [0.05, 0.1) is 10.6 Å². The Morgan fingerprint density at radius 2 is 1.72 bits per heavy atom. The van der Waals surface area contributed by atoms with Crippen LogP contribution in [0.4, 0.5) is 5.82 Å². The van der Waals surface area contributed by atoms with E-state index >= 15 is 0 Å². The number of nitrogens with one attached hydrogen (secondary N) is 1. The summed E-state index contributed by atoms with van der Waals surface area (Å²) < 4.78 is 1.50. The Hall–Kier alpha value is -3.16. The first kappa shape index (κ1) is 22.0. The maximum atomic E-state index is 13.0. The zero-order valence-electron chi connectivity index (χ0n) is 18.2. The van der Waals surface area contributed by atoms with E-state index in [1.807, 2.05) is 4.90 Å². The van der Waals surface area contributed by atoms with Gasteiger partial charge < -0.3 is 10.2 Å². The quantitative estimate of drug-likeness (QED) is 0.643. The molecule has 1 aromatic heterocycles. The minimum Gasteiger partial charge on any atom is -0.335 e. The lowest BCUT2D eigenvalue weighted by atomic mass is 10.1. The molecule has 0 spiro atoms. The number of hydrogen-bond acceptors (Lipinski definition) is 4. The largest absolute Gasteiger partial charge is 0.335 e.